The van der Waals surface area contributed by atoms with Crippen molar-refractivity contribution < 1.29 is 58.4 Å². The van der Waals surface area contributed by atoms with E-state index < -0.39 is 52.2 Å². The average molecular weight is 544 g/mol. The SMILES string of the molecule is BCc1cc(CB)c(OC(=O)CCCCC(=O)OC(CS(=O)(=O)O)(C(F)(F)F)C(F)(F)F)c(CB)c1. The van der Waals surface area contributed by atoms with Crippen molar-refractivity contribution in [3.63, 3.8) is 0 Å². The minimum atomic E-state index is -6.39. The molecular formula is C19H25B3F6O7S. The molecule has 0 heterocycles. The van der Waals surface area contributed by atoms with E-state index in [-0.39, 0.29) is 19.3 Å². The van der Waals surface area contributed by atoms with Gasteiger partial charge in [0.1, 0.15) is 35.0 Å². The molecule has 0 saturated heterocycles. The number of benzene rings is 1. The lowest BCUT2D eigenvalue weighted by atomic mass is 9.85. The first-order valence-electron chi connectivity index (χ1n) is 11.1. The van der Waals surface area contributed by atoms with Crippen LogP contribution in [-0.2, 0) is 43.4 Å². The highest BCUT2D eigenvalue weighted by Crippen LogP contribution is 2.47. The minimum Gasteiger partial charge on any atom is -0.438 e. The topological polar surface area (TPSA) is 107 Å². The van der Waals surface area contributed by atoms with Gasteiger partial charge in [-0.3, -0.25) is 14.1 Å². The van der Waals surface area contributed by atoms with Crippen LogP contribution < -0.4 is 4.74 Å². The molecule has 0 atom stereocenters. The molecule has 0 aromatic heterocycles. The van der Waals surface area contributed by atoms with Gasteiger partial charge in [-0.2, -0.15) is 34.8 Å². The first kappa shape index (κ1) is 31.9. The lowest BCUT2D eigenvalue weighted by molar-refractivity contribution is -0.361. The number of rotatable bonds is 12. The predicted octanol–water partition coefficient (Wildman–Crippen LogP) is 0.846. The van der Waals surface area contributed by atoms with Crippen molar-refractivity contribution in [3.05, 3.63) is 28.8 Å². The van der Waals surface area contributed by atoms with Crippen molar-refractivity contribution >= 4 is 45.6 Å². The molecule has 0 aliphatic rings. The van der Waals surface area contributed by atoms with Crippen LogP contribution in [0.5, 0.6) is 5.75 Å². The molecule has 1 aromatic carbocycles. The maximum absolute atomic E-state index is 13.2. The third kappa shape index (κ3) is 8.46. The van der Waals surface area contributed by atoms with Crippen LogP contribution in [-0.4, -0.2) is 72.2 Å². The molecule has 0 spiro atoms. The average Bonchev–Trinajstić information content (AvgIpc) is 2.73. The van der Waals surface area contributed by atoms with Gasteiger partial charge in [0.2, 0.25) is 0 Å². The number of unbranched alkanes of at least 4 members (excludes halogenated alkanes) is 1. The van der Waals surface area contributed by atoms with Crippen LogP contribution in [0.1, 0.15) is 42.4 Å². The summed E-state index contributed by atoms with van der Waals surface area (Å²) < 4.78 is 119. The number of hydrogen-bond acceptors (Lipinski definition) is 6. The van der Waals surface area contributed by atoms with Crippen molar-refractivity contribution in [3.8, 4) is 5.75 Å². The zero-order chi connectivity index (χ0) is 27.9. The minimum absolute atomic E-state index is 0.132. The highest BCUT2D eigenvalue weighted by Gasteiger charge is 2.75. The molecular weight excluding hydrogens is 519 g/mol. The van der Waals surface area contributed by atoms with E-state index in [1.165, 1.54) is 0 Å². The number of alkyl halides is 6. The summed E-state index contributed by atoms with van der Waals surface area (Å²) in [6.07, 6.45) is -12.6. The lowest BCUT2D eigenvalue weighted by Crippen LogP contribution is -2.63. The number of hydrogen-bond donors (Lipinski definition) is 1. The zero-order valence-electron chi connectivity index (χ0n) is 19.9. The number of carbonyl (C=O) groups is 2. The summed E-state index contributed by atoms with van der Waals surface area (Å²) in [7, 11) is -0.129. The molecule has 0 unspecified atom stereocenters. The highest BCUT2D eigenvalue weighted by molar-refractivity contribution is 7.85. The molecule has 0 saturated carbocycles. The third-order valence-electron chi connectivity index (χ3n) is 5.29. The molecule has 7 nitrogen and oxygen atoms in total. The molecule has 1 aromatic rings. The summed E-state index contributed by atoms with van der Waals surface area (Å²) in [5, 5.41) is 0. The summed E-state index contributed by atoms with van der Waals surface area (Å²) >= 11 is 0. The second-order valence-corrected chi connectivity index (χ2v) is 9.46. The Balaban J connectivity index is 2.83. The summed E-state index contributed by atoms with van der Waals surface area (Å²) in [5.74, 6) is -5.25. The maximum atomic E-state index is 13.2. The Hall–Kier alpha value is -2.16. The third-order valence-corrected chi connectivity index (χ3v) is 6.06. The van der Waals surface area contributed by atoms with Gasteiger partial charge in [-0.1, -0.05) is 36.7 Å². The first-order chi connectivity index (χ1) is 16.4. The van der Waals surface area contributed by atoms with E-state index in [9.17, 15) is 44.3 Å². The van der Waals surface area contributed by atoms with E-state index in [1.807, 2.05) is 35.7 Å². The van der Waals surface area contributed by atoms with Gasteiger partial charge in [0.25, 0.3) is 10.1 Å². The Labute approximate surface area is 207 Å². The fourth-order valence-corrected chi connectivity index (χ4v) is 4.26. The summed E-state index contributed by atoms with van der Waals surface area (Å²) in [5.41, 5.74) is -2.78. The van der Waals surface area contributed by atoms with E-state index in [0.29, 0.717) is 18.4 Å². The maximum Gasteiger partial charge on any atom is 0.438 e. The van der Waals surface area contributed by atoms with Crippen LogP contribution in [0.25, 0.3) is 0 Å². The summed E-state index contributed by atoms with van der Waals surface area (Å²) in [4.78, 5) is 24.1. The predicted molar refractivity (Wildman–Crippen MR) is 125 cm³/mol. The quantitative estimate of drug-likeness (QED) is 0.104. The largest absolute Gasteiger partial charge is 0.438 e. The van der Waals surface area contributed by atoms with Crippen LogP contribution in [0, 0.1) is 0 Å². The molecule has 0 fully saturated rings. The fourth-order valence-electron chi connectivity index (χ4n) is 3.36. The fraction of sp³-hybridized carbons (Fsp3) is 0.579. The molecule has 1 rings (SSSR count). The molecule has 0 radical (unpaired) electrons. The zero-order valence-corrected chi connectivity index (χ0v) is 20.7. The van der Waals surface area contributed by atoms with E-state index in [4.69, 9.17) is 9.29 Å². The molecule has 17 heteroatoms. The summed E-state index contributed by atoms with van der Waals surface area (Å²) in [6.45, 7) is 0. The number of halogens is 6. The van der Waals surface area contributed by atoms with Crippen LogP contribution in [0.3, 0.4) is 0 Å². The van der Waals surface area contributed by atoms with Gasteiger partial charge in [-0.25, -0.2) is 0 Å². The van der Waals surface area contributed by atoms with E-state index in [1.54, 1.807) is 0 Å². The Bertz CT molecular complexity index is 1010. The van der Waals surface area contributed by atoms with Crippen molar-refractivity contribution in [1.29, 1.82) is 0 Å². The van der Waals surface area contributed by atoms with Crippen molar-refractivity contribution in [2.24, 2.45) is 0 Å². The molecule has 0 aliphatic carbocycles. The standard InChI is InChI=1S/C19H25B3F6O7S/c20-7-11-5-12(8-21)16(13(6-11)9-22)34-14(29)3-1-2-4-15(30)35-17(18(23,24)25,19(26,27)28)10-36(31,32)33/h5-6H,1-4,7-10,20-22H2,(H,31,32,33). The van der Waals surface area contributed by atoms with Crippen molar-refractivity contribution in [2.75, 3.05) is 5.75 Å². The number of carbonyl (C=O) groups excluding carboxylic acids is 2. The van der Waals surface area contributed by atoms with E-state index in [0.717, 1.165) is 23.0 Å². The van der Waals surface area contributed by atoms with Crippen molar-refractivity contribution in [2.45, 2.75) is 62.6 Å². The van der Waals surface area contributed by atoms with Crippen LogP contribution in [0.2, 0.25) is 0 Å². The number of esters is 2. The molecule has 200 valence electrons. The molecule has 0 amide bonds. The Morgan fingerprint density at radius 2 is 1.28 bits per heavy atom. The van der Waals surface area contributed by atoms with Crippen molar-refractivity contribution in [1.82, 2.24) is 0 Å². The number of ether oxygens (including phenoxy) is 2. The Morgan fingerprint density at radius 1 is 0.833 bits per heavy atom. The second kappa shape index (κ2) is 12.4. The molecule has 0 bridgehead atoms. The first-order valence-corrected chi connectivity index (χ1v) is 12.7. The Kier molecular flexibility index (Phi) is 11.0. The van der Waals surface area contributed by atoms with Gasteiger partial charge in [0.05, 0.1) is 0 Å². The molecule has 1 N–H and O–H groups in total. The van der Waals surface area contributed by atoms with Crippen LogP contribution in [0.15, 0.2) is 12.1 Å². The van der Waals surface area contributed by atoms with E-state index in [2.05, 4.69) is 4.74 Å². The molecule has 36 heavy (non-hydrogen) atoms. The van der Waals surface area contributed by atoms with Crippen LogP contribution in [0.4, 0.5) is 26.3 Å². The normalized spacial score (nSPS) is 12.9. The summed E-state index contributed by atoms with van der Waals surface area (Å²) in [6, 6.07) is 3.80. The monoisotopic (exact) mass is 544 g/mol. The van der Waals surface area contributed by atoms with Gasteiger partial charge in [-0.15, -0.1) is 0 Å². The highest BCUT2D eigenvalue weighted by atomic mass is 32.2. The van der Waals surface area contributed by atoms with Gasteiger partial charge < -0.3 is 9.47 Å². The van der Waals surface area contributed by atoms with E-state index >= 15 is 0 Å². The van der Waals surface area contributed by atoms with Crippen LogP contribution >= 0.6 is 0 Å². The second-order valence-electron chi connectivity index (χ2n) is 8.01. The van der Waals surface area contributed by atoms with Gasteiger partial charge in [-0.05, 0) is 24.0 Å². The van der Waals surface area contributed by atoms with Gasteiger partial charge in [0.15, 0.2) is 0 Å². The smallest absolute Gasteiger partial charge is 0.438 e. The van der Waals surface area contributed by atoms with Gasteiger partial charge >= 0.3 is 29.9 Å². The lowest BCUT2D eigenvalue weighted by Gasteiger charge is -2.35. The Morgan fingerprint density at radius 3 is 1.64 bits per heavy atom. The van der Waals surface area contributed by atoms with Gasteiger partial charge in [0, 0.05) is 12.8 Å². The molecule has 0 aliphatic heterocycles.